The number of carbonyl (C=O) groups excluding carboxylic acids is 2. The maximum Gasteiger partial charge on any atom is 0.259 e. The molecular formula is C25H21N3O2. The van der Waals surface area contributed by atoms with Crippen LogP contribution in [-0.4, -0.2) is 21.4 Å². The van der Waals surface area contributed by atoms with Gasteiger partial charge in [-0.25, -0.2) is 0 Å². The first-order chi connectivity index (χ1) is 14.5. The van der Waals surface area contributed by atoms with Crippen molar-refractivity contribution in [2.24, 2.45) is 0 Å². The van der Waals surface area contributed by atoms with Gasteiger partial charge in [-0.05, 0) is 23.5 Å². The van der Waals surface area contributed by atoms with Gasteiger partial charge in [-0.1, -0.05) is 50.2 Å². The quantitative estimate of drug-likeness (QED) is 0.495. The molecule has 6 rings (SSSR count). The summed E-state index contributed by atoms with van der Waals surface area (Å²) in [6.07, 6.45) is 4.91. The number of imide groups is 1. The molecule has 0 aliphatic carbocycles. The van der Waals surface area contributed by atoms with Gasteiger partial charge in [0, 0.05) is 46.4 Å². The van der Waals surface area contributed by atoms with Gasteiger partial charge in [0.15, 0.2) is 0 Å². The van der Waals surface area contributed by atoms with E-state index in [0.29, 0.717) is 11.1 Å². The van der Waals surface area contributed by atoms with Crippen molar-refractivity contribution in [3.8, 4) is 0 Å². The van der Waals surface area contributed by atoms with E-state index in [0.717, 1.165) is 40.4 Å². The van der Waals surface area contributed by atoms with Crippen LogP contribution in [-0.2, 0) is 21.5 Å². The minimum atomic E-state index is -0.341. The first-order valence-electron chi connectivity index (χ1n) is 10.2. The summed E-state index contributed by atoms with van der Waals surface area (Å²) < 4.78 is 2.24. The number of fused-ring (bicyclic) bond motifs is 1. The summed E-state index contributed by atoms with van der Waals surface area (Å²) >= 11 is 0. The summed E-state index contributed by atoms with van der Waals surface area (Å²) in [5, 5.41) is 4.49. The van der Waals surface area contributed by atoms with E-state index < -0.39 is 0 Å². The third-order valence-corrected chi connectivity index (χ3v) is 6.66. The smallest absolute Gasteiger partial charge is 0.259 e. The van der Waals surface area contributed by atoms with Gasteiger partial charge < -0.3 is 9.55 Å². The molecule has 4 aromatic rings. The predicted molar refractivity (Wildman–Crippen MR) is 118 cm³/mol. The van der Waals surface area contributed by atoms with Gasteiger partial charge in [0.1, 0.15) is 0 Å². The van der Waals surface area contributed by atoms with E-state index >= 15 is 0 Å². The topological polar surface area (TPSA) is 66.9 Å². The molecule has 0 unspecified atom stereocenters. The summed E-state index contributed by atoms with van der Waals surface area (Å²) in [5.41, 5.74) is 5.97. The van der Waals surface area contributed by atoms with Crippen LogP contribution in [0.25, 0.3) is 33.0 Å². The number of carbonyl (C=O) groups is 2. The van der Waals surface area contributed by atoms with Crippen molar-refractivity contribution in [2.75, 3.05) is 0 Å². The van der Waals surface area contributed by atoms with E-state index in [-0.39, 0.29) is 17.2 Å². The Morgan fingerprint density at radius 2 is 1.63 bits per heavy atom. The lowest BCUT2D eigenvalue weighted by molar-refractivity contribution is -0.122. The number of rotatable bonds is 2. The number of hydrogen-bond donors (Lipinski definition) is 2. The summed E-state index contributed by atoms with van der Waals surface area (Å²) in [7, 11) is 0. The van der Waals surface area contributed by atoms with Crippen LogP contribution < -0.4 is 5.32 Å². The summed E-state index contributed by atoms with van der Waals surface area (Å²) in [5.74, 6) is -0.671. The number of aromatic amines is 1. The van der Waals surface area contributed by atoms with Crippen LogP contribution in [0.5, 0.6) is 0 Å². The van der Waals surface area contributed by atoms with Crippen molar-refractivity contribution in [3.05, 3.63) is 71.5 Å². The molecule has 2 aliphatic heterocycles. The lowest BCUT2D eigenvalue weighted by atomic mass is 9.78. The number of nitrogens with zero attached hydrogens (tertiary/aromatic N) is 1. The monoisotopic (exact) mass is 395 g/mol. The van der Waals surface area contributed by atoms with E-state index in [4.69, 9.17) is 0 Å². The molecule has 30 heavy (non-hydrogen) atoms. The number of para-hydroxylation sites is 2. The highest BCUT2D eigenvalue weighted by atomic mass is 16.2. The zero-order chi connectivity index (χ0) is 20.6. The van der Waals surface area contributed by atoms with Gasteiger partial charge in [-0.2, -0.15) is 0 Å². The number of hydrogen-bond acceptors (Lipinski definition) is 2. The van der Waals surface area contributed by atoms with Gasteiger partial charge in [-0.3, -0.25) is 14.9 Å². The van der Waals surface area contributed by atoms with Crippen LogP contribution in [0.15, 0.2) is 54.9 Å². The molecule has 2 amide bonds. The van der Waals surface area contributed by atoms with Crippen LogP contribution in [0.2, 0.25) is 0 Å². The Hall–Kier alpha value is -3.60. The Balaban J connectivity index is 1.69. The highest BCUT2D eigenvalue weighted by Crippen LogP contribution is 2.43. The first kappa shape index (κ1) is 17.3. The second-order valence-corrected chi connectivity index (χ2v) is 8.85. The Labute approximate surface area is 173 Å². The lowest BCUT2D eigenvalue weighted by Crippen LogP contribution is -2.25. The summed E-state index contributed by atoms with van der Waals surface area (Å²) in [6, 6.07) is 14.1. The minimum absolute atomic E-state index is 0.0763. The van der Waals surface area contributed by atoms with Crippen LogP contribution in [0.3, 0.4) is 0 Å². The highest BCUT2D eigenvalue weighted by molar-refractivity contribution is 6.50. The number of amides is 2. The fourth-order valence-electron chi connectivity index (χ4n) is 5.06. The van der Waals surface area contributed by atoms with Crippen LogP contribution in [0.1, 0.15) is 37.0 Å². The molecule has 148 valence electrons. The van der Waals surface area contributed by atoms with Crippen LogP contribution >= 0.6 is 0 Å². The van der Waals surface area contributed by atoms with Gasteiger partial charge in [0.25, 0.3) is 11.8 Å². The fourth-order valence-corrected chi connectivity index (χ4v) is 5.06. The largest absolute Gasteiger partial charge is 0.361 e. The standard InChI is InChI=1S/C25H21N3O2/c1-25(2)10-11-28-13-17(15-7-5-8-18(25)22(15)28)21-20(23(29)27-24(21)30)16-12-26-19-9-4-3-6-14(16)19/h3-9,12-13,26H,10-11H2,1-2H3,(H,27,29,30). The fraction of sp³-hybridized carbons (Fsp3) is 0.200. The maximum atomic E-state index is 13.0. The molecule has 5 nitrogen and oxygen atoms in total. The number of H-pyrrole nitrogens is 1. The van der Waals surface area contributed by atoms with Gasteiger partial charge in [-0.15, -0.1) is 0 Å². The Kier molecular flexibility index (Phi) is 3.30. The zero-order valence-corrected chi connectivity index (χ0v) is 16.9. The molecule has 2 aromatic heterocycles. The molecule has 0 atom stereocenters. The molecule has 0 saturated heterocycles. The van der Waals surface area contributed by atoms with Gasteiger partial charge in [0.05, 0.1) is 16.7 Å². The number of benzene rings is 2. The number of aromatic nitrogens is 2. The van der Waals surface area contributed by atoms with Crippen molar-refractivity contribution < 1.29 is 9.59 Å². The molecule has 4 heterocycles. The molecule has 0 radical (unpaired) electrons. The van der Waals surface area contributed by atoms with E-state index in [9.17, 15) is 9.59 Å². The average molecular weight is 395 g/mol. The SMILES string of the molecule is CC1(C)CCn2cc(C3=C(c4c[nH]c5ccccc45)C(=O)NC3=O)c3cccc1c32. The summed E-state index contributed by atoms with van der Waals surface area (Å²) in [6.45, 7) is 5.42. The van der Waals surface area contributed by atoms with Gasteiger partial charge >= 0.3 is 0 Å². The van der Waals surface area contributed by atoms with Crippen molar-refractivity contribution in [2.45, 2.75) is 32.2 Å². The molecule has 2 aliphatic rings. The lowest BCUT2D eigenvalue weighted by Gasteiger charge is -2.31. The second kappa shape index (κ2) is 5.72. The zero-order valence-electron chi connectivity index (χ0n) is 16.9. The molecule has 5 heteroatoms. The van der Waals surface area contributed by atoms with Crippen molar-refractivity contribution in [3.63, 3.8) is 0 Å². The van der Waals surface area contributed by atoms with Crippen LogP contribution in [0, 0.1) is 0 Å². The van der Waals surface area contributed by atoms with Crippen LogP contribution in [0.4, 0.5) is 0 Å². The molecule has 0 saturated carbocycles. The van der Waals surface area contributed by atoms with E-state index in [2.05, 4.69) is 46.9 Å². The first-order valence-corrected chi connectivity index (χ1v) is 10.2. The molecule has 0 fully saturated rings. The normalized spacial score (nSPS) is 17.9. The molecule has 2 aromatic carbocycles. The Morgan fingerprint density at radius 3 is 2.47 bits per heavy atom. The highest BCUT2D eigenvalue weighted by Gasteiger charge is 2.36. The molecule has 2 N–H and O–H groups in total. The summed E-state index contributed by atoms with van der Waals surface area (Å²) in [4.78, 5) is 29.1. The third-order valence-electron chi connectivity index (χ3n) is 6.66. The Morgan fingerprint density at radius 1 is 0.900 bits per heavy atom. The molecule has 0 bridgehead atoms. The van der Waals surface area contributed by atoms with E-state index in [1.165, 1.54) is 11.1 Å². The third kappa shape index (κ3) is 2.17. The second-order valence-electron chi connectivity index (χ2n) is 8.85. The molecular weight excluding hydrogens is 374 g/mol. The number of aryl methyl sites for hydroxylation is 1. The maximum absolute atomic E-state index is 13.0. The average Bonchev–Trinajstić information content (AvgIpc) is 3.39. The van der Waals surface area contributed by atoms with Crippen molar-refractivity contribution >= 4 is 44.8 Å². The van der Waals surface area contributed by atoms with Crippen molar-refractivity contribution in [1.29, 1.82) is 0 Å². The Bertz CT molecular complexity index is 1430. The minimum Gasteiger partial charge on any atom is -0.361 e. The molecule has 0 spiro atoms. The van der Waals surface area contributed by atoms with Gasteiger partial charge in [0.2, 0.25) is 0 Å². The number of nitrogens with one attached hydrogen (secondary N) is 2. The van der Waals surface area contributed by atoms with E-state index in [1.807, 2.05) is 36.7 Å². The van der Waals surface area contributed by atoms with Crippen molar-refractivity contribution in [1.82, 2.24) is 14.9 Å². The predicted octanol–water partition coefficient (Wildman–Crippen LogP) is 4.37. The van der Waals surface area contributed by atoms with E-state index in [1.54, 1.807) is 0 Å².